The molecule has 0 aromatic carbocycles. The fourth-order valence-electron chi connectivity index (χ4n) is 2.29. The molecule has 0 spiro atoms. The predicted octanol–water partition coefficient (Wildman–Crippen LogP) is 0.502. The number of likely N-dealkylation sites (N-methyl/N-ethyl adjacent to an activating group) is 2. The molecule has 0 saturated carbocycles. The molecule has 5 heteroatoms. The molecule has 2 unspecified atom stereocenters. The zero-order valence-corrected chi connectivity index (χ0v) is 13.3. The number of hydrogen-bond donors (Lipinski definition) is 2. The lowest BCUT2D eigenvalue weighted by molar-refractivity contribution is -0.120. The Kier molecular flexibility index (Phi) is 9.83. The van der Waals surface area contributed by atoms with Crippen molar-refractivity contribution in [2.45, 2.75) is 45.7 Å². The third-order valence-corrected chi connectivity index (χ3v) is 3.35. The lowest BCUT2D eigenvalue weighted by atomic mass is 10.1. The average molecular weight is 272 g/mol. The van der Waals surface area contributed by atoms with Crippen molar-refractivity contribution in [2.75, 3.05) is 40.3 Å². The van der Waals surface area contributed by atoms with Crippen LogP contribution >= 0.6 is 0 Å². The van der Waals surface area contributed by atoms with Crippen molar-refractivity contribution in [3.63, 3.8) is 0 Å². The molecule has 0 radical (unpaired) electrons. The quantitative estimate of drug-likeness (QED) is 0.575. The van der Waals surface area contributed by atoms with Crippen LogP contribution in [0.5, 0.6) is 0 Å². The molecule has 0 aliphatic carbocycles. The largest absolute Gasteiger partial charge is 0.368 e. The van der Waals surface area contributed by atoms with Crippen LogP contribution in [0.15, 0.2) is 0 Å². The highest BCUT2D eigenvalue weighted by Crippen LogP contribution is 2.03. The Hall–Kier alpha value is -0.650. The molecular formula is C14H32N4O. The summed E-state index contributed by atoms with van der Waals surface area (Å²) in [5.41, 5.74) is 5.43. The van der Waals surface area contributed by atoms with Gasteiger partial charge in [-0.3, -0.25) is 9.69 Å². The minimum atomic E-state index is -0.246. The third kappa shape index (κ3) is 8.18. The molecule has 1 amide bonds. The van der Waals surface area contributed by atoms with Crippen LogP contribution in [-0.4, -0.2) is 68.1 Å². The number of nitrogens with zero attached hydrogens (tertiary/aromatic N) is 2. The van der Waals surface area contributed by atoms with Gasteiger partial charge >= 0.3 is 0 Å². The molecule has 114 valence electrons. The average Bonchev–Trinajstić information content (AvgIpc) is 2.32. The Morgan fingerprint density at radius 1 is 1.32 bits per heavy atom. The summed E-state index contributed by atoms with van der Waals surface area (Å²) in [6.45, 7) is 10.2. The molecule has 0 aromatic heterocycles. The van der Waals surface area contributed by atoms with E-state index in [1.54, 1.807) is 0 Å². The standard InChI is InChI=1S/C14H32N4O/c1-6-9-16-13(14(15)19)8-10-18(7-2)12(3)11-17(4)5/h12-13,16H,6-11H2,1-5H3,(H2,15,19). The maximum Gasteiger partial charge on any atom is 0.234 e. The molecular weight excluding hydrogens is 240 g/mol. The third-order valence-electron chi connectivity index (χ3n) is 3.35. The van der Waals surface area contributed by atoms with Gasteiger partial charge in [0.25, 0.3) is 0 Å². The molecule has 2 atom stereocenters. The molecule has 0 heterocycles. The van der Waals surface area contributed by atoms with Gasteiger partial charge in [-0.2, -0.15) is 0 Å². The fourth-order valence-corrected chi connectivity index (χ4v) is 2.29. The number of rotatable bonds is 11. The number of hydrogen-bond acceptors (Lipinski definition) is 4. The first kappa shape index (κ1) is 18.4. The number of carbonyl (C=O) groups excluding carboxylic acids is 1. The maximum absolute atomic E-state index is 11.4. The number of primary amides is 1. The summed E-state index contributed by atoms with van der Waals surface area (Å²) < 4.78 is 0. The van der Waals surface area contributed by atoms with E-state index in [2.05, 4.69) is 50.0 Å². The highest BCUT2D eigenvalue weighted by atomic mass is 16.1. The van der Waals surface area contributed by atoms with Crippen molar-refractivity contribution in [3.8, 4) is 0 Å². The summed E-state index contributed by atoms with van der Waals surface area (Å²) in [5.74, 6) is -0.246. The first-order chi connectivity index (χ1) is 8.92. The van der Waals surface area contributed by atoms with E-state index in [1.165, 1.54) is 0 Å². The Morgan fingerprint density at radius 2 is 1.95 bits per heavy atom. The van der Waals surface area contributed by atoms with Crippen molar-refractivity contribution >= 4 is 5.91 Å². The number of amides is 1. The molecule has 5 nitrogen and oxygen atoms in total. The van der Waals surface area contributed by atoms with Crippen molar-refractivity contribution in [1.82, 2.24) is 15.1 Å². The smallest absolute Gasteiger partial charge is 0.234 e. The second kappa shape index (κ2) is 10.2. The van der Waals surface area contributed by atoms with Gasteiger partial charge in [-0.25, -0.2) is 0 Å². The summed E-state index contributed by atoms with van der Waals surface area (Å²) in [7, 11) is 4.17. The predicted molar refractivity (Wildman–Crippen MR) is 81.2 cm³/mol. The number of carbonyl (C=O) groups is 1. The maximum atomic E-state index is 11.4. The molecule has 3 N–H and O–H groups in total. The van der Waals surface area contributed by atoms with Crippen LogP contribution in [0.2, 0.25) is 0 Å². The normalized spacial score (nSPS) is 14.9. The second-order valence-electron chi connectivity index (χ2n) is 5.44. The Balaban J connectivity index is 4.24. The fraction of sp³-hybridized carbons (Fsp3) is 0.929. The summed E-state index contributed by atoms with van der Waals surface area (Å²) in [6.07, 6.45) is 1.79. The van der Waals surface area contributed by atoms with Crippen molar-refractivity contribution < 1.29 is 4.79 Å². The molecule has 0 fully saturated rings. The van der Waals surface area contributed by atoms with Crippen LogP contribution in [0.4, 0.5) is 0 Å². The van der Waals surface area contributed by atoms with Crippen LogP contribution in [-0.2, 0) is 4.79 Å². The van der Waals surface area contributed by atoms with Gasteiger partial charge in [-0.15, -0.1) is 0 Å². The van der Waals surface area contributed by atoms with Crippen LogP contribution in [0, 0.1) is 0 Å². The Labute approximate surface area is 118 Å². The van der Waals surface area contributed by atoms with Crippen LogP contribution < -0.4 is 11.1 Å². The Bertz CT molecular complexity index is 246. The van der Waals surface area contributed by atoms with Gasteiger partial charge in [0.1, 0.15) is 0 Å². The van der Waals surface area contributed by atoms with Gasteiger partial charge in [0, 0.05) is 19.1 Å². The summed E-state index contributed by atoms with van der Waals surface area (Å²) in [6, 6.07) is 0.278. The summed E-state index contributed by atoms with van der Waals surface area (Å²) >= 11 is 0. The van der Waals surface area contributed by atoms with Gasteiger partial charge in [0.05, 0.1) is 6.04 Å². The molecule has 0 bridgehead atoms. The van der Waals surface area contributed by atoms with Gasteiger partial charge in [-0.05, 0) is 47.0 Å². The number of nitrogens with two attached hydrogens (primary N) is 1. The van der Waals surface area contributed by atoms with Gasteiger partial charge in [0.2, 0.25) is 5.91 Å². The van der Waals surface area contributed by atoms with Crippen molar-refractivity contribution in [2.24, 2.45) is 5.73 Å². The lowest BCUT2D eigenvalue weighted by Gasteiger charge is -2.31. The monoisotopic (exact) mass is 272 g/mol. The summed E-state index contributed by atoms with van der Waals surface area (Å²) in [5, 5.41) is 3.22. The molecule has 19 heavy (non-hydrogen) atoms. The van der Waals surface area contributed by atoms with E-state index in [-0.39, 0.29) is 11.9 Å². The molecule has 0 saturated heterocycles. The topological polar surface area (TPSA) is 61.6 Å². The van der Waals surface area contributed by atoms with Gasteiger partial charge < -0.3 is 16.0 Å². The van der Waals surface area contributed by atoms with E-state index in [1.807, 2.05) is 0 Å². The van der Waals surface area contributed by atoms with E-state index in [0.717, 1.165) is 39.0 Å². The first-order valence-corrected chi connectivity index (χ1v) is 7.33. The van der Waals surface area contributed by atoms with E-state index in [9.17, 15) is 4.79 Å². The van der Waals surface area contributed by atoms with E-state index < -0.39 is 0 Å². The van der Waals surface area contributed by atoms with E-state index in [4.69, 9.17) is 5.73 Å². The highest BCUT2D eigenvalue weighted by Gasteiger charge is 2.18. The van der Waals surface area contributed by atoms with Crippen LogP contribution in [0.3, 0.4) is 0 Å². The molecule has 0 aliphatic rings. The SMILES string of the molecule is CCCNC(CCN(CC)C(C)CN(C)C)C(N)=O. The summed E-state index contributed by atoms with van der Waals surface area (Å²) in [4.78, 5) is 16.0. The van der Waals surface area contributed by atoms with Crippen LogP contribution in [0.25, 0.3) is 0 Å². The van der Waals surface area contributed by atoms with Gasteiger partial charge in [0.15, 0.2) is 0 Å². The minimum absolute atomic E-state index is 0.208. The van der Waals surface area contributed by atoms with E-state index >= 15 is 0 Å². The zero-order valence-electron chi connectivity index (χ0n) is 13.3. The van der Waals surface area contributed by atoms with Crippen molar-refractivity contribution in [1.29, 1.82) is 0 Å². The number of nitrogens with one attached hydrogen (secondary N) is 1. The van der Waals surface area contributed by atoms with Crippen molar-refractivity contribution in [3.05, 3.63) is 0 Å². The Morgan fingerprint density at radius 3 is 2.37 bits per heavy atom. The highest BCUT2D eigenvalue weighted by molar-refractivity contribution is 5.79. The van der Waals surface area contributed by atoms with E-state index in [0.29, 0.717) is 6.04 Å². The molecule has 0 aliphatic heterocycles. The van der Waals surface area contributed by atoms with Crippen LogP contribution in [0.1, 0.15) is 33.6 Å². The first-order valence-electron chi connectivity index (χ1n) is 7.33. The molecule has 0 rings (SSSR count). The second-order valence-corrected chi connectivity index (χ2v) is 5.44. The lowest BCUT2D eigenvalue weighted by Crippen LogP contribution is -2.46. The van der Waals surface area contributed by atoms with Gasteiger partial charge in [-0.1, -0.05) is 13.8 Å². The zero-order chi connectivity index (χ0) is 14.8. The minimum Gasteiger partial charge on any atom is -0.368 e. The molecule has 0 aromatic rings.